The molecule has 0 unspecified atom stereocenters. The van der Waals surface area contributed by atoms with Crippen molar-refractivity contribution in [2.75, 3.05) is 11.3 Å². The van der Waals surface area contributed by atoms with Gasteiger partial charge in [-0.05, 0) is 12.1 Å². The zero-order chi connectivity index (χ0) is 6.53. The van der Waals surface area contributed by atoms with Crippen molar-refractivity contribution < 1.29 is 0 Å². The van der Waals surface area contributed by atoms with Crippen LogP contribution in [0.5, 0.6) is 0 Å². The number of hydrogen-bond donors (Lipinski definition) is 1. The quantitative estimate of drug-likeness (QED) is 0.542. The highest BCUT2D eigenvalue weighted by Gasteiger charge is 1.82. The average molecular weight is 178 g/mol. The van der Waals surface area contributed by atoms with E-state index in [1.54, 1.807) is 0 Å². The van der Waals surface area contributed by atoms with Gasteiger partial charge in [0.05, 0.1) is 6.00 Å². The third-order valence-electron chi connectivity index (χ3n) is 1.04. The van der Waals surface area contributed by atoms with Crippen LogP contribution < -0.4 is 5.32 Å². The highest BCUT2D eigenvalue weighted by Crippen LogP contribution is 2.03. The lowest BCUT2D eigenvalue weighted by atomic mass is 10.3. The van der Waals surface area contributed by atoms with Crippen molar-refractivity contribution in [3.8, 4) is 0 Å². The molecule has 0 atom stereocenters. The fraction of sp³-hybridized carbons (Fsp3) is 0.143. The first-order valence-electron chi connectivity index (χ1n) is 2.78. The van der Waals surface area contributed by atoms with Crippen LogP contribution in [0, 0.1) is 0 Å². The average Bonchev–Trinajstić information content (AvgIpc) is 1.91. The van der Waals surface area contributed by atoms with Gasteiger partial charge in [0, 0.05) is 5.69 Å². The highest BCUT2D eigenvalue weighted by molar-refractivity contribution is 6.18. The fourth-order valence-corrected chi connectivity index (χ4v) is 0.787. The van der Waals surface area contributed by atoms with E-state index in [4.69, 9.17) is 11.6 Å². The standard InChI is InChI=1S/C7H8ClN.ClH/c8-6-9-7-4-2-1-3-5-7;/h1-5,9H,6H2;1H. The van der Waals surface area contributed by atoms with E-state index in [1.165, 1.54) is 0 Å². The molecule has 0 aromatic heterocycles. The first-order chi connectivity index (χ1) is 4.43. The van der Waals surface area contributed by atoms with Crippen LogP contribution in [0.25, 0.3) is 0 Å². The summed E-state index contributed by atoms with van der Waals surface area (Å²) in [5, 5.41) is 2.97. The van der Waals surface area contributed by atoms with Gasteiger partial charge in [-0.2, -0.15) is 0 Å². The Hall–Kier alpha value is -0.400. The van der Waals surface area contributed by atoms with Crippen molar-refractivity contribution >= 4 is 29.7 Å². The second-order valence-corrected chi connectivity index (χ2v) is 1.94. The Morgan fingerprint density at radius 2 is 1.80 bits per heavy atom. The Kier molecular flexibility index (Phi) is 5.17. The SMILES string of the molecule is Cl.ClCNc1ccccc1. The molecule has 0 saturated carbocycles. The largest absolute Gasteiger partial charge is 0.372 e. The summed E-state index contributed by atoms with van der Waals surface area (Å²) in [4.78, 5) is 0. The summed E-state index contributed by atoms with van der Waals surface area (Å²) >= 11 is 5.42. The third-order valence-corrected chi connectivity index (χ3v) is 1.18. The predicted octanol–water partition coefficient (Wildman–Crippen LogP) is 2.72. The number of nitrogens with one attached hydrogen (secondary N) is 1. The van der Waals surface area contributed by atoms with Crippen molar-refractivity contribution in [1.82, 2.24) is 0 Å². The molecule has 1 nitrogen and oxygen atoms in total. The van der Waals surface area contributed by atoms with Crippen molar-refractivity contribution in [2.45, 2.75) is 0 Å². The van der Waals surface area contributed by atoms with Crippen molar-refractivity contribution in [1.29, 1.82) is 0 Å². The summed E-state index contributed by atoms with van der Waals surface area (Å²) < 4.78 is 0. The molecule has 1 aromatic rings. The van der Waals surface area contributed by atoms with E-state index in [2.05, 4.69) is 5.32 Å². The smallest absolute Gasteiger partial charge is 0.0901 e. The number of hydrogen-bond acceptors (Lipinski definition) is 1. The lowest BCUT2D eigenvalue weighted by Gasteiger charge is -1.97. The van der Waals surface area contributed by atoms with E-state index in [0.717, 1.165) is 5.69 Å². The van der Waals surface area contributed by atoms with Crippen LogP contribution in [0.1, 0.15) is 0 Å². The van der Waals surface area contributed by atoms with E-state index >= 15 is 0 Å². The second-order valence-electron chi connectivity index (χ2n) is 1.68. The first kappa shape index (κ1) is 9.60. The first-order valence-corrected chi connectivity index (χ1v) is 3.32. The van der Waals surface area contributed by atoms with Crippen LogP contribution in [0.2, 0.25) is 0 Å². The van der Waals surface area contributed by atoms with Gasteiger partial charge in [-0.1, -0.05) is 18.2 Å². The molecule has 0 amide bonds. The molecule has 0 aliphatic rings. The summed E-state index contributed by atoms with van der Waals surface area (Å²) in [5.74, 6) is 0. The lowest BCUT2D eigenvalue weighted by Crippen LogP contribution is -1.92. The molecule has 56 valence electrons. The molecular weight excluding hydrogens is 169 g/mol. The fourth-order valence-electron chi connectivity index (χ4n) is 0.633. The third kappa shape index (κ3) is 2.95. The van der Waals surface area contributed by atoms with E-state index in [9.17, 15) is 0 Å². The maximum Gasteiger partial charge on any atom is 0.0901 e. The molecule has 1 rings (SSSR count). The van der Waals surface area contributed by atoms with Gasteiger partial charge in [0.15, 0.2) is 0 Å². The Morgan fingerprint density at radius 1 is 1.20 bits per heavy atom. The number of alkyl halides is 1. The van der Waals surface area contributed by atoms with Gasteiger partial charge in [-0.3, -0.25) is 0 Å². The maximum absolute atomic E-state index is 5.42. The summed E-state index contributed by atoms with van der Waals surface area (Å²) in [6.45, 7) is 0. The molecule has 1 N–H and O–H groups in total. The molecule has 1 aromatic carbocycles. The van der Waals surface area contributed by atoms with Gasteiger partial charge in [0.25, 0.3) is 0 Å². The van der Waals surface area contributed by atoms with Crippen LogP contribution in [-0.2, 0) is 0 Å². The lowest BCUT2D eigenvalue weighted by molar-refractivity contribution is 1.45. The molecule has 0 fully saturated rings. The van der Waals surface area contributed by atoms with Crippen molar-refractivity contribution in [3.63, 3.8) is 0 Å². The van der Waals surface area contributed by atoms with Gasteiger partial charge in [-0.15, -0.1) is 24.0 Å². The Balaban J connectivity index is 0.000000810. The maximum atomic E-state index is 5.42. The minimum absolute atomic E-state index is 0. The van der Waals surface area contributed by atoms with E-state index in [-0.39, 0.29) is 12.4 Å². The second kappa shape index (κ2) is 5.39. The highest BCUT2D eigenvalue weighted by atomic mass is 35.5. The van der Waals surface area contributed by atoms with Gasteiger partial charge in [-0.25, -0.2) is 0 Å². The van der Waals surface area contributed by atoms with Crippen molar-refractivity contribution in [2.24, 2.45) is 0 Å². The summed E-state index contributed by atoms with van der Waals surface area (Å²) in [7, 11) is 0. The molecule has 0 saturated heterocycles. The number of anilines is 1. The van der Waals surface area contributed by atoms with Gasteiger partial charge in [0.2, 0.25) is 0 Å². The molecule has 0 aliphatic carbocycles. The Bertz CT molecular complexity index is 165. The molecule has 0 heterocycles. The van der Waals surface area contributed by atoms with Crippen LogP contribution in [0.4, 0.5) is 5.69 Å². The molecule has 3 heteroatoms. The van der Waals surface area contributed by atoms with Crippen LogP contribution in [-0.4, -0.2) is 6.00 Å². The van der Waals surface area contributed by atoms with Crippen LogP contribution in [0.3, 0.4) is 0 Å². The van der Waals surface area contributed by atoms with Crippen LogP contribution in [0.15, 0.2) is 30.3 Å². The van der Waals surface area contributed by atoms with E-state index in [0.29, 0.717) is 6.00 Å². The zero-order valence-electron chi connectivity index (χ0n) is 5.38. The normalized spacial score (nSPS) is 8.10. The van der Waals surface area contributed by atoms with Gasteiger partial charge < -0.3 is 5.32 Å². The number of para-hydroxylation sites is 1. The molecule has 10 heavy (non-hydrogen) atoms. The predicted molar refractivity (Wildman–Crippen MR) is 48.0 cm³/mol. The number of halogens is 2. The van der Waals surface area contributed by atoms with E-state index in [1.807, 2.05) is 30.3 Å². The topological polar surface area (TPSA) is 12.0 Å². The number of rotatable bonds is 2. The Labute approximate surface area is 71.8 Å². The Morgan fingerprint density at radius 3 is 2.30 bits per heavy atom. The van der Waals surface area contributed by atoms with Crippen molar-refractivity contribution in [3.05, 3.63) is 30.3 Å². The summed E-state index contributed by atoms with van der Waals surface area (Å²) in [6.07, 6.45) is 0. The summed E-state index contributed by atoms with van der Waals surface area (Å²) in [6, 6.07) is 10.3. The summed E-state index contributed by atoms with van der Waals surface area (Å²) in [5.41, 5.74) is 1.06. The van der Waals surface area contributed by atoms with Gasteiger partial charge in [0.1, 0.15) is 0 Å². The molecular formula is C7H9Cl2N. The van der Waals surface area contributed by atoms with Crippen LogP contribution >= 0.6 is 24.0 Å². The monoisotopic (exact) mass is 177 g/mol. The number of benzene rings is 1. The molecule has 0 bridgehead atoms. The van der Waals surface area contributed by atoms with E-state index < -0.39 is 0 Å². The molecule has 0 spiro atoms. The minimum Gasteiger partial charge on any atom is -0.372 e. The molecule has 0 aliphatic heterocycles. The molecule has 0 radical (unpaired) electrons. The minimum atomic E-state index is 0. The van der Waals surface area contributed by atoms with Gasteiger partial charge >= 0.3 is 0 Å². The zero-order valence-corrected chi connectivity index (χ0v) is 6.95.